The Hall–Kier alpha value is -1.56. The van der Waals surface area contributed by atoms with Crippen LogP contribution in [0.4, 0.5) is 18.9 Å². The first-order valence-electron chi connectivity index (χ1n) is 9.98. The molecule has 4 fully saturated rings. The minimum absolute atomic E-state index is 0.182. The lowest BCUT2D eigenvalue weighted by molar-refractivity contribution is -0.119. The molecule has 4 aliphatic carbocycles. The van der Waals surface area contributed by atoms with Gasteiger partial charge in [-0.1, -0.05) is 0 Å². The molecule has 2 atom stereocenters. The lowest BCUT2D eigenvalue weighted by Crippen LogP contribution is -2.57. The first-order chi connectivity index (χ1) is 12.8. The Morgan fingerprint density at radius 2 is 1.56 bits per heavy atom. The lowest BCUT2D eigenvalue weighted by atomic mass is 9.48. The fourth-order valence-electron chi connectivity index (χ4n) is 6.20. The summed E-state index contributed by atoms with van der Waals surface area (Å²) in [6.45, 7) is 3.87. The average molecular weight is 380 g/mol. The molecule has 0 radical (unpaired) electrons. The maximum Gasteiger partial charge on any atom is 0.241 e. The third-order valence-corrected chi connectivity index (χ3v) is 7.19. The summed E-state index contributed by atoms with van der Waals surface area (Å²) in [5.41, 5.74) is -0.0914. The number of anilines is 1. The van der Waals surface area contributed by atoms with Crippen molar-refractivity contribution in [3.63, 3.8) is 0 Å². The van der Waals surface area contributed by atoms with Crippen molar-refractivity contribution in [1.29, 1.82) is 0 Å². The van der Waals surface area contributed by atoms with Crippen LogP contribution in [0.1, 0.15) is 52.4 Å². The van der Waals surface area contributed by atoms with Crippen molar-refractivity contribution < 1.29 is 18.0 Å². The van der Waals surface area contributed by atoms with Gasteiger partial charge in [0, 0.05) is 6.04 Å². The Morgan fingerprint density at radius 1 is 1.00 bits per heavy atom. The molecule has 0 heterocycles. The van der Waals surface area contributed by atoms with Crippen LogP contribution in [0.5, 0.6) is 0 Å². The Balaban J connectivity index is 1.41. The van der Waals surface area contributed by atoms with Gasteiger partial charge in [-0.2, -0.15) is 0 Å². The zero-order chi connectivity index (χ0) is 19.3. The van der Waals surface area contributed by atoms with E-state index < -0.39 is 29.4 Å². The van der Waals surface area contributed by atoms with Crippen LogP contribution in [-0.2, 0) is 4.79 Å². The van der Waals surface area contributed by atoms with Crippen LogP contribution in [0.15, 0.2) is 12.1 Å². The molecular formula is C21H27F3N2O. The van der Waals surface area contributed by atoms with Gasteiger partial charge in [0.25, 0.3) is 0 Å². The normalized spacial score (nSPS) is 33.7. The van der Waals surface area contributed by atoms with Crippen LogP contribution in [0, 0.1) is 40.6 Å². The minimum Gasteiger partial charge on any atom is -0.322 e. The van der Waals surface area contributed by atoms with Crippen LogP contribution in [0.3, 0.4) is 0 Å². The van der Waals surface area contributed by atoms with E-state index in [9.17, 15) is 18.0 Å². The quantitative estimate of drug-likeness (QED) is 0.732. The first kappa shape index (κ1) is 18.8. The van der Waals surface area contributed by atoms with E-state index in [0.717, 1.165) is 29.9 Å². The van der Waals surface area contributed by atoms with Gasteiger partial charge in [0.05, 0.1) is 11.7 Å². The maximum atomic E-state index is 13.8. The molecule has 0 spiro atoms. The summed E-state index contributed by atoms with van der Waals surface area (Å²) < 4.78 is 40.2. The predicted molar refractivity (Wildman–Crippen MR) is 97.6 cm³/mol. The van der Waals surface area contributed by atoms with Gasteiger partial charge in [-0.25, -0.2) is 13.2 Å². The number of carbonyl (C=O) groups is 1. The second kappa shape index (κ2) is 6.80. The minimum atomic E-state index is -1.57. The predicted octanol–water partition coefficient (Wildman–Crippen LogP) is 4.63. The number of rotatable bonds is 5. The molecule has 148 valence electrons. The number of halogens is 3. The molecule has 0 aliphatic heterocycles. The molecule has 2 N–H and O–H groups in total. The lowest BCUT2D eigenvalue weighted by Gasteiger charge is -2.59. The molecule has 4 bridgehead atoms. The molecule has 6 heteroatoms. The van der Waals surface area contributed by atoms with Crippen molar-refractivity contribution in [3.05, 3.63) is 29.6 Å². The van der Waals surface area contributed by atoms with E-state index in [4.69, 9.17) is 0 Å². The summed E-state index contributed by atoms with van der Waals surface area (Å²) in [7, 11) is 0. The molecule has 1 aromatic rings. The third kappa shape index (κ3) is 3.37. The van der Waals surface area contributed by atoms with Crippen molar-refractivity contribution in [1.82, 2.24) is 5.32 Å². The van der Waals surface area contributed by atoms with E-state index in [-0.39, 0.29) is 17.1 Å². The second-order valence-corrected chi connectivity index (χ2v) is 9.10. The number of hydrogen-bond acceptors (Lipinski definition) is 2. The Kier molecular flexibility index (Phi) is 4.73. The van der Waals surface area contributed by atoms with Gasteiger partial charge in [0.2, 0.25) is 5.91 Å². The number of amides is 1. The van der Waals surface area contributed by atoms with Crippen LogP contribution in [0.25, 0.3) is 0 Å². The summed E-state index contributed by atoms with van der Waals surface area (Å²) in [5.74, 6) is -2.20. The molecular weight excluding hydrogens is 353 g/mol. The molecule has 4 saturated carbocycles. The second-order valence-electron chi connectivity index (χ2n) is 9.10. The standard InChI is InChI=1S/C21H27F3N2O/c1-11(20(27)26-17-4-3-16(22)18(23)19(17)24)25-12(2)21-8-13-5-14(9-21)7-15(6-13)10-21/h3-4,11-15,25H,5-10H2,1-2H3,(H,26,27)/t11-,12-,13?,14?,15?,21?/m0/s1. The van der Waals surface area contributed by atoms with Gasteiger partial charge in [-0.05, 0) is 87.7 Å². The number of nitrogens with one attached hydrogen (secondary N) is 2. The highest BCUT2D eigenvalue weighted by molar-refractivity contribution is 5.94. The average Bonchev–Trinajstić information content (AvgIpc) is 2.61. The van der Waals surface area contributed by atoms with Gasteiger partial charge >= 0.3 is 0 Å². The fraction of sp³-hybridized carbons (Fsp3) is 0.667. The van der Waals surface area contributed by atoms with E-state index >= 15 is 0 Å². The van der Waals surface area contributed by atoms with Crippen LogP contribution < -0.4 is 10.6 Å². The van der Waals surface area contributed by atoms with Crippen molar-refractivity contribution in [2.75, 3.05) is 5.32 Å². The largest absolute Gasteiger partial charge is 0.322 e. The van der Waals surface area contributed by atoms with E-state index in [1.807, 2.05) is 0 Å². The summed E-state index contributed by atoms with van der Waals surface area (Å²) in [6, 6.07) is 1.48. The topological polar surface area (TPSA) is 41.1 Å². The molecule has 1 aromatic carbocycles. The van der Waals surface area contributed by atoms with Crippen molar-refractivity contribution in [2.24, 2.45) is 23.2 Å². The van der Waals surface area contributed by atoms with Gasteiger partial charge in [0.1, 0.15) is 0 Å². The van der Waals surface area contributed by atoms with E-state index in [1.54, 1.807) is 6.92 Å². The molecule has 27 heavy (non-hydrogen) atoms. The highest BCUT2D eigenvalue weighted by atomic mass is 19.2. The van der Waals surface area contributed by atoms with Gasteiger partial charge < -0.3 is 10.6 Å². The van der Waals surface area contributed by atoms with Crippen LogP contribution in [0.2, 0.25) is 0 Å². The zero-order valence-electron chi connectivity index (χ0n) is 15.8. The third-order valence-electron chi connectivity index (χ3n) is 7.19. The molecule has 5 rings (SSSR count). The van der Waals surface area contributed by atoms with E-state index in [2.05, 4.69) is 17.6 Å². The van der Waals surface area contributed by atoms with Crippen molar-refractivity contribution in [2.45, 2.75) is 64.5 Å². The molecule has 3 nitrogen and oxygen atoms in total. The molecule has 0 saturated heterocycles. The first-order valence-corrected chi connectivity index (χ1v) is 9.98. The van der Waals surface area contributed by atoms with Gasteiger partial charge in [-0.3, -0.25) is 4.79 Å². The van der Waals surface area contributed by atoms with Crippen molar-refractivity contribution >= 4 is 11.6 Å². The molecule has 0 aromatic heterocycles. The van der Waals surface area contributed by atoms with Crippen LogP contribution in [-0.4, -0.2) is 18.0 Å². The summed E-state index contributed by atoms with van der Waals surface area (Å²) >= 11 is 0. The number of carbonyl (C=O) groups excluding carboxylic acids is 1. The van der Waals surface area contributed by atoms with Crippen LogP contribution >= 0.6 is 0 Å². The van der Waals surface area contributed by atoms with Crippen molar-refractivity contribution in [3.8, 4) is 0 Å². The van der Waals surface area contributed by atoms with E-state index in [1.165, 1.54) is 38.5 Å². The van der Waals surface area contributed by atoms with Gasteiger partial charge in [-0.15, -0.1) is 0 Å². The smallest absolute Gasteiger partial charge is 0.241 e. The summed E-state index contributed by atoms with van der Waals surface area (Å²) in [6.07, 6.45) is 7.74. The number of benzene rings is 1. The monoisotopic (exact) mass is 380 g/mol. The SMILES string of the molecule is C[C@H](N[C@@H](C)C12CC3CC(CC(C3)C1)C2)C(=O)Nc1ccc(F)c(F)c1F. The highest BCUT2D eigenvalue weighted by Crippen LogP contribution is 2.61. The zero-order valence-corrected chi connectivity index (χ0v) is 15.8. The highest BCUT2D eigenvalue weighted by Gasteiger charge is 2.53. The molecule has 4 aliphatic rings. The fourth-order valence-corrected chi connectivity index (χ4v) is 6.20. The summed E-state index contributed by atoms with van der Waals surface area (Å²) in [5, 5.41) is 5.77. The molecule has 0 unspecified atom stereocenters. The summed E-state index contributed by atoms with van der Waals surface area (Å²) in [4.78, 5) is 12.5. The van der Waals surface area contributed by atoms with E-state index in [0.29, 0.717) is 0 Å². The number of hydrogen-bond donors (Lipinski definition) is 2. The Bertz CT molecular complexity index is 716. The van der Waals surface area contributed by atoms with Gasteiger partial charge in [0.15, 0.2) is 17.5 Å². The Labute approximate surface area is 158 Å². The molecule has 1 amide bonds. The Morgan fingerprint density at radius 3 is 2.11 bits per heavy atom. The maximum absolute atomic E-state index is 13.8.